The number of nitrogens with two attached hydrogens (primary N) is 1. The van der Waals surface area contributed by atoms with E-state index in [1.807, 2.05) is 25.1 Å². The number of hydrogen-bond donors (Lipinski definition) is 2. The molecule has 0 saturated carbocycles. The smallest absolute Gasteiger partial charge is 0.416 e. The third kappa shape index (κ3) is 9.63. The van der Waals surface area contributed by atoms with E-state index in [1.54, 1.807) is 48.5 Å². The van der Waals surface area contributed by atoms with E-state index in [9.17, 15) is 32.3 Å². The summed E-state index contributed by atoms with van der Waals surface area (Å²) in [4.78, 5) is 57.0. The van der Waals surface area contributed by atoms with Gasteiger partial charge in [-0.05, 0) is 105 Å². The monoisotopic (exact) mass is 703 g/mol. The fourth-order valence-corrected chi connectivity index (χ4v) is 6.17. The average Bonchev–Trinajstić information content (AvgIpc) is 3.63. The Hall–Kier alpha value is -5.43. The van der Waals surface area contributed by atoms with Gasteiger partial charge in [0.15, 0.2) is 5.76 Å². The second-order valence-corrected chi connectivity index (χ2v) is 12.9. The zero-order valence-corrected chi connectivity index (χ0v) is 28.4. The molecule has 0 saturated heterocycles. The number of carbonyl (C=O) groups is 4. The van der Waals surface area contributed by atoms with Crippen molar-refractivity contribution in [3.63, 3.8) is 0 Å². The van der Waals surface area contributed by atoms with E-state index in [2.05, 4.69) is 10.2 Å². The maximum atomic E-state index is 14.1. The number of benzene rings is 3. The first kappa shape index (κ1) is 36.8. The van der Waals surface area contributed by atoms with Gasteiger partial charge in [0.05, 0.1) is 18.4 Å². The topological polar surface area (TPSA) is 129 Å². The van der Waals surface area contributed by atoms with Crippen molar-refractivity contribution in [2.24, 2.45) is 5.73 Å². The van der Waals surface area contributed by atoms with Gasteiger partial charge < -0.3 is 30.2 Å². The van der Waals surface area contributed by atoms with E-state index >= 15 is 0 Å². The van der Waals surface area contributed by atoms with Gasteiger partial charge in [-0.1, -0.05) is 36.8 Å². The lowest BCUT2D eigenvalue weighted by atomic mass is 9.89. The first-order valence-electron chi connectivity index (χ1n) is 16.5. The number of halogens is 3. The van der Waals surface area contributed by atoms with E-state index < -0.39 is 36.0 Å². The van der Waals surface area contributed by atoms with Crippen molar-refractivity contribution in [2.75, 3.05) is 32.5 Å². The molecule has 3 N–H and O–H groups in total. The number of furan rings is 1. The van der Waals surface area contributed by atoms with Crippen LogP contribution in [-0.2, 0) is 30.5 Å². The summed E-state index contributed by atoms with van der Waals surface area (Å²) >= 11 is 0. The molecule has 1 atom stereocenters. The summed E-state index contributed by atoms with van der Waals surface area (Å²) in [5, 5.41) is 2.78. The van der Waals surface area contributed by atoms with Gasteiger partial charge in [-0.25, -0.2) is 0 Å². The number of nitrogens with zero attached hydrogens (tertiary/aromatic N) is 3. The predicted molar refractivity (Wildman–Crippen MR) is 185 cm³/mol. The lowest BCUT2D eigenvalue weighted by Crippen LogP contribution is -2.45. The zero-order valence-electron chi connectivity index (χ0n) is 28.4. The SMILES string of the molecule is CN(C)CCCCC1Cc2ccc(NC(=O)c3ccco3)cc2C(=O)N1Cc1ccc(C(=O)N(CC(N)=O)Cc2cccc(C(F)(F)F)c2)cc1. The molecular weight excluding hydrogens is 663 g/mol. The normalized spacial score (nSPS) is 14.4. The van der Waals surface area contributed by atoms with Crippen LogP contribution in [0, 0.1) is 0 Å². The molecule has 1 aromatic heterocycles. The number of primary amides is 1. The molecule has 0 radical (unpaired) electrons. The van der Waals surface area contributed by atoms with Crippen LogP contribution in [0.25, 0.3) is 0 Å². The average molecular weight is 704 g/mol. The first-order valence-corrected chi connectivity index (χ1v) is 16.5. The summed E-state index contributed by atoms with van der Waals surface area (Å²) < 4.78 is 45.0. The second-order valence-electron chi connectivity index (χ2n) is 12.9. The third-order valence-corrected chi connectivity index (χ3v) is 8.71. The summed E-state index contributed by atoms with van der Waals surface area (Å²) in [7, 11) is 4.03. The number of fused-ring (bicyclic) bond motifs is 1. The number of unbranched alkanes of at least 4 members (excludes halogenated alkanes) is 1. The van der Waals surface area contributed by atoms with Gasteiger partial charge in [-0.15, -0.1) is 0 Å². The summed E-state index contributed by atoms with van der Waals surface area (Å²) in [6, 6.07) is 19.5. The highest BCUT2D eigenvalue weighted by atomic mass is 19.4. The standard InChI is InChI=1S/C38H40F3N5O5/c1-44(2)17-4-3-9-31-20-28-15-16-30(43-35(48)33-10-6-18-51-33)21-32(28)37(50)46(31)23-25-11-13-27(14-12-25)36(49)45(24-34(42)47)22-26-7-5-8-29(19-26)38(39,40)41/h5-8,10-16,18-19,21,31H,3-4,9,17,20,22-24H2,1-2H3,(H2,42,47)(H,43,48). The highest BCUT2D eigenvalue weighted by Gasteiger charge is 2.33. The van der Waals surface area contributed by atoms with Crippen LogP contribution in [0.1, 0.15) is 72.8 Å². The van der Waals surface area contributed by atoms with E-state index in [4.69, 9.17) is 10.2 Å². The molecule has 51 heavy (non-hydrogen) atoms. The maximum absolute atomic E-state index is 14.1. The number of carbonyl (C=O) groups excluding carboxylic acids is 4. The molecule has 4 aromatic rings. The molecule has 5 rings (SSSR count). The van der Waals surface area contributed by atoms with Gasteiger partial charge in [0.1, 0.15) is 0 Å². The Morgan fingerprint density at radius 2 is 1.73 bits per heavy atom. The van der Waals surface area contributed by atoms with Crippen LogP contribution in [-0.4, -0.2) is 71.6 Å². The van der Waals surface area contributed by atoms with Crippen molar-refractivity contribution >= 4 is 29.3 Å². The van der Waals surface area contributed by atoms with Gasteiger partial charge in [-0.3, -0.25) is 19.2 Å². The summed E-state index contributed by atoms with van der Waals surface area (Å²) in [5.74, 6) is -1.86. The molecule has 10 nitrogen and oxygen atoms in total. The maximum Gasteiger partial charge on any atom is 0.416 e. The number of hydrogen-bond acceptors (Lipinski definition) is 6. The van der Waals surface area contributed by atoms with Crippen molar-refractivity contribution in [1.29, 1.82) is 0 Å². The van der Waals surface area contributed by atoms with Crippen LogP contribution in [0.5, 0.6) is 0 Å². The zero-order chi connectivity index (χ0) is 36.7. The van der Waals surface area contributed by atoms with Crippen LogP contribution in [0.4, 0.5) is 18.9 Å². The van der Waals surface area contributed by atoms with E-state index in [0.29, 0.717) is 17.7 Å². The molecule has 268 valence electrons. The molecule has 1 unspecified atom stereocenters. The Morgan fingerprint density at radius 3 is 2.39 bits per heavy atom. The number of anilines is 1. The first-order chi connectivity index (χ1) is 24.3. The van der Waals surface area contributed by atoms with Gasteiger partial charge in [0.2, 0.25) is 5.91 Å². The van der Waals surface area contributed by atoms with Crippen LogP contribution >= 0.6 is 0 Å². The van der Waals surface area contributed by atoms with Gasteiger partial charge >= 0.3 is 6.18 Å². The van der Waals surface area contributed by atoms with Crippen LogP contribution in [0.2, 0.25) is 0 Å². The van der Waals surface area contributed by atoms with Crippen molar-refractivity contribution in [1.82, 2.24) is 14.7 Å². The fourth-order valence-electron chi connectivity index (χ4n) is 6.17. The number of nitrogens with one attached hydrogen (secondary N) is 1. The Bertz CT molecular complexity index is 1860. The summed E-state index contributed by atoms with van der Waals surface area (Å²) in [6.07, 6.45) is 0.130. The van der Waals surface area contributed by atoms with Crippen LogP contribution < -0.4 is 11.1 Å². The van der Waals surface area contributed by atoms with Gasteiger partial charge in [0.25, 0.3) is 17.7 Å². The third-order valence-electron chi connectivity index (χ3n) is 8.71. The molecule has 1 aliphatic rings. The number of amides is 4. The molecule has 3 aromatic carbocycles. The molecule has 1 aliphatic heterocycles. The fraction of sp³-hybridized carbons (Fsp3) is 0.316. The largest absolute Gasteiger partial charge is 0.459 e. The van der Waals surface area contributed by atoms with E-state index in [1.165, 1.54) is 18.4 Å². The Labute approximate surface area is 294 Å². The minimum atomic E-state index is -4.56. The number of rotatable bonds is 14. The van der Waals surface area contributed by atoms with Gasteiger partial charge in [-0.2, -0.15) is 13.2 Å². The highest BCUT2D eigenvalue weighted by Crippen LogP contribution is 2.31. The highest BCUT2D eigenvalue weighted by molar-refractivity contribution is 6.04. The van der Waals surface area contributed by atoms with Crippen molar-refractivity contribution in [3.8, 4) is 0 Å². The molecule has 13 heteroatoms. The van der Waals surface area contributed by atoms with E-state index in [0.717, 1.165) is 54.0 Å². The summed E-state index contributed by atoms with van der Waals surface area (Å²) in [6.45, 7) is 0.432. The lowest BCUT2D eigenvalue weighted by molar-refractivity contribution is -0.137. The molecule has 0 spiro atoms. The van der Waals surface area contributed by atoms with Crippen molar-refractivity contribution in [3.05, 3.63) is 124 Å². The Balaban J connectivity index is 1.34. The van der Waals surface area contributed by atoms with E-state index in [-0.39, 0.29) is 41.9 Å². The number of alkyl halides is 3. The molecule has 0 fully saturated rings. The van der Waals surface area contributed by atoms with Crippen molar-refractivity contribution in [2.45, 2.75) is 51.0 Å². The van der Waals surface area contributed by atoms with Crippen molar-refractivity contribution < 1.29 is 36.8 Å². The molecule has 2 heterocycles. The van der Waals surface area contributed by atoms with Gasteiger partial charge in [0, 0.05) is 35.9 Å². The second kappa shape index (κ2) is 16.1. The molecular formula is C38H40F3N5O5. The Morgan fingerprint density at radius 1 is 0.961 bits per heavy atom. The molecule has 0 aliphatic carbocycles. The molecule has 0 bridgehead atoms. The minimum Gasteiger partial charge on any atom is -0.459 e. The predicted octanol–water partition coefficient (Wildman–Crippen LogP) is 5.98. The quantitative estimate of drug-likeness (QED) is 0.156. The summed E-state index contributed by atoms with van der Waals surface area (Å²) in [5.41, 5.74) is 7.51. The van der Waals surface area contributed by atoms with Crippen LogP contribution in [0.3, 0.4) is 0 Å². The Kier molecular flexibility index (Phi) is 11.6. The molecule has 4 amide bonds. The van der Waals surface area contributed by atoms with Crippen LogP contribution in [0.15, 0.2) is 89.5 Å². The minimum absolute atomic E-state index is 0.0875. The lowest BCUT2D eigenvalue weighted by Gasteiger charge is -2.37.